The van der Waals surface area contributed by atoms with Crippen LogP contribution in [0, 0.1) is 13.8 Å². The summed E-state index contributed by atoms with van der Waals surface area (Å²) in [5.41, 5.74) is 6.68. The van der Waals surface area contributed by atoms with Gasteiger partial charge in [0.1, 0.15) is 17.9 Å². The van der Waals surface area contributed by atoms with Crippen LogP contribution in [0.1, 0.15) is 35.7 Å². The summed E-state index contributed by atoms with van der Waals surface area (Å²) in [6.45, 7) is 6.91. The number of halogens is 1. The molecule has 0 spiro atoms. The molecule has 3 rings (SSSR count). The van der Waals surface area contributed by atoms with Crippen molar-refractivity contribution in [3.8, 4) is 5.75 Å². The van der Waals surface area contributed by atoms with E-state index in [0.717, 1.165) is 45.4 Å². The maximum atomic E-state index is 6.21. The topological polar surface area (TPSA) is 37.9 Å². The molecule has 3 nitrogen and oxygen atoms in total. The molecular weight excluding hydrogens is 352 g/mol. The van der Waals surface area contributed by atoms with Crippen molar-refractivity contribution < 1.29 is 4.74 Å². The van der Waals surface area contributed by atoms with Gasteiger partial charge in [0.15, 0.2) is 0 Å². The molecule has 0 aliphatic carbocycles. The minimum Gasteiger partial charge on any atom is -0.486 e. The second kappa shape index (κ2) is 6.75. The van der Waals surface area contributed by atoms with E-state index < -0.39 is 0 Å². The Kier molecular flexibility index (Phi) is 4.71. The highest BCUT2D eigenvalue weighted by Crippen LogP contribution is 2.32. The van der Waals surface area contributed by atoms with Crippen LogP contribution in [0.3, 0.4) is 0 Å². The van der Waals surface area contributed by atoms with E-state index in [2.05, 4.69) is 58.8 Å². The van der Waals surface area contributed by atoms with Gasteiger partial charge in [0.25, 0.3) is 0 Å². The van der Waals surface area contributed by atoms with Crippen LogP contribution in [-0.2, 0) is 13.0 Å². The lowest BCUT2D eigenvalue weighted by atomic mass is 10.1. The first-order valence-electron chi connectivity index (χ1n) is 7.94. The van der Waals surface area contributed by atoms with Crippen LogP contribution in [0.2, 0.25) is 0 Å². The first-order valence-corrected chi connectivity index (χ1v) is 8.73. The van der Waals surface area contributed by atoms with Crippen molar-refractivity contribution >= 4 is 27.0 Å². The average molecular weight is 373 g/mol. The van der Waals surface area contributed by atoms with Crippen LogP contribution < -0.4 is 4.74 Å². The Morgan fingerprint density at radius 3 is 2.61 bits per heavy atom. The number of nitrogens with zero attached hydrogens (tertiary/aromatic N) is 1. The number of nitrogens with one attached hydrogen (secondary N) is 1. The second-order valence-electron chi connectivity index (χ2n) is 5.88. The van der Waals surface area contributed by atoms with Crippen LogP contribution in [-0.4, -0.2) is 9.97 Å². The van der Waals surface area contributed by atoms with Crippen LogP contribution in [0.4, 0.5) is 0 Å². The highest BCUT2D eigenvalue weighted by molar-refractivity contribution is 9.10. The maximum Gasteiger partial charge on any atom is 0.150 e. The van der Waals surface area contributed by atoms with Gasteiger partial charge in [-0.3, -0.25) is 4.98 Å². The smallest absolute Gasteiger partial charge is 0.150 e. The molecule has 0 aliphatic heterocycles. The van der Waals surface area contributed by atoms with Gasteiger partial charge in [-0.15, -0.1) is 0 Å². The highest BCUT2D eigenvalue weighted by Gasteiger charge is 2.15. The molecular formula is C19H21BrN2O. The number of aromatic nitrogens is 2. The Bertz CT molecular complexity index is 821. The summed E-state index contributed by atoms with van der Waals surface area (Å²) < 4.78 is 7.29. The number of rotatable bonds is 5. The number of ether oxygens (including phenoxy) is 1. The van der Waals surface area contributed by atoms with E-state index in [9.17, 15) is 0 Å². The largest absolute Gasteiger partial charge is 0.486 e. The van der Waals surface area contributed by atoms with E-state index in [4.69, 9.17) is 4.74 Å². The number of hydrogen-bond donors (Lipinski definition) is 1. The summed E-state index contributed by atoms with van der Waals surface area (Å²) in [6.07, 6.45) is 4.00. The van der Waals surface area contributed by atoms with Crippen molar-refractivity contribution in [1.29, 1.82) is 0 Å². The van der Waals surface area contributed by atoms with Gasteiger partial charge in [0, 0.05) is 21.9 Å². The molecule has 0 aliphatic rings. The van der Waals surface area contributed by atoms with Crippen molar-refractivity contribution in [3.63, 3.8) is 0 Å². The molecule has 3 aromatic rings. The van der Waals surface area contributed by atoms with Gasteiger partial charge in [-0.1, -0.05) is 41.4 Å². The molecule has 0 saturated carbocycles. The molecule has 0 unspecified atom stereocenters. The number of pyridine rings is 1. The van der Waals surface area contributed by atoms with Gasteiger partial charge in [0.2, 0.25) is 0 Å². The van der Waals surface area contributed by atoms with E-state index in [1.807, 2.05) is 18.3 Å². The Balaban J connectivity index is 1.97. The van der Waals surface area contributed by atoms with Gasteiger partial charge in [-0.25, -0.2) is 0 Å². The molecule has 120 valence electrons. The molecule has 0 saturated heterocycles. The Labute approximate surface area is 145 Å². The van der Waals surface area contributed by atoms with Gasteiger partial charge in [0.05, 0.1) is 5.52 Å². The molecule has 1 aromatic carbocycles. The Morgan fingerprint density at radius 2 is 1.91 bits per heavy atom. The third-order valence-corrected chi connectivity index (χ3v) is 4.68. The molecule has 0 atom stereocenters. The van der Waals surface area contributed by atoms with Gasteiger partial charge >= 0.3 is 0 Å². The quantitative estimate of drug-likeness (QED) is 0.644. The molecule has 0 bridgehead atoms. The van der Waals surface area contributed by atoms with E-state index in [0.29, 0.717) is 6.61 Å². The number of aryl methyl sites for hydroxylation is 3. The van der Waals surface area contributed by atoms with Crippen LogP contribution in [0.25, 0.3) is 11.0 Å². The zero-order valence-corrected chi connectivity index (χ0v) is 15.3. The number of H-pyrrole nitrogens is 1. The second-order valence-corrected chi connectivity index (χ2v) is 6.79. The molecule has 2 aromatic heterocycles. The van der Waals surface area contributed by atoms with E-state index in [1.165, 1.54) is 11.1 Å². The fourth-order valence-electron chi connectivity index (χ4n) is 2.74. The number of benzene rings is 1. The first-order chi connectivity index (χ1) is 11.1. The van der Waals surface area contributed by atoms with Crippen molar-refractivity contribution in [2.24, 2.45) is 0 Å². The third kappa shape index (κ3) is 3.27. The monoisotopic (exact) mass is 372 g/mol. The molecule has 0 amide bonds. The summed E-state index contributed by atoms with van der Waals surface area (Å²) in [7, 11) is 0. The van der Waals surface area contributed by atoms with E-state index in [1.54, 1.807) is 0 Å². The number of hydrogen-bond acceptors (Lipinski definition) is 2. The fraction of sp³-hybridized carbons (Fsp3) is 0.316. The summed E-state index contributed by atoms with van der Waals surface area (Å²) in [5, 5.41) is 0. The SMILES string of the molecule is CCCc1cnc2c(C)c(C)[nH]c2c1OCc1ccc(Br)cc1. The fourth-order valence-corrected chi connectivity index (χ4v) is 3.01. The lowest BCUT2D eigenvalue weighted by molar-refractivity contribution is 0.306. The van der Waals surface area contributed by atoms with Crippen LogP contribution in [0.15, 0.2) is 34.9 Å². The summed E-state index contributed by atoms with van der Waals surface area (Å²) in [4.78, 5) is 8.07. The van der Waals surface area contributed by atoms with Gasteiger partial charge in [-0.2, -0.15) is 0 Å². The Hall–Kier alpha value is -1.81. The van der Waals surface area contributed by atoms with Crippen molar-refractivity contribution in [2.75, 3.05) is 0 Å². The van der Waals surface area contributed by atoms with Crippen molar-refractivity contribution in [2.45, 2.75) is 40.2 Å². The molecule has 4 heteroatoms. The molecule has 23 heavy (non-hydrogen) atoms. The number of aromatic amines is 1. The predicted molar refractivity (Wildman–Crippen MR) is 98.0 cm³/mol. The summed E-state index contributed by atoms with van der Waals surface area (Å²) in [5.74, 6) is 0.941. The zero-order valence-electron chi connectivity index (χ0n) is 13.7. The standard InChI is InChI=1S/C19H21BrN2O/c1-4-5-15-10-21-17-12(2)13(3)22-18(17)19(15)23-11-14-6-8-16(20)9-7-14/h6-10,22H,4-5,11H2,1-3H3. The van der Waals surface area contributed by atoms with Gasteiger partial charge in [-0.05, 0) is 43.5 Å². The predicted octanol–water partition coefficient (Wildman–Crippen LogP) is 5.47. The average Bonchev–Trinajstić information content (AvgIpc) is 2.83. The summed E-state index contributed by atoms with van der Waals surface area (Å²) in [6, 6.07) is 8.23. The van der Waals surface area contributed by atoms with E-state index in [-0.39, 0.29) is 0 Å². The van der Waals surface area contributed by atoms with Crippen molar-refractivity contribution in [1.82, 2.24) is 9.97 Å². The minimum atomic E-state index is 0.556. The minimum absolute atomic E-state index is 0.556. The lowest BCUT2D eigenvalue weighted by Crippen LogP contribution is -2.00. The number of fused-ring (bicyclic) bond motifs is 1. The Morgan fingerprint density at radius 1 is 1.17 bits per heavy atom. The summed E-state index contributed by atoms with van der Waals surface area (Å²) >= 11 is 3.46. The molecule has 0 radical (unpaired) electrons. The van der Waals surface area contributed by atoms with E-state index >= 15 is 0 Å². The molecule has 2 heterocycles. The molecule has 0 fully saturated rings. The zero-order chi connectivity index (χ0) is 16.4. The van der Waals surface area contributed by atoms with Crippen LogP contribution >= 0.6 is 15.9 Å². The van der Waals surface area contributed by atoms with Gasteiger partial charge < -0.3 is 9.72 Å². The van der Waals surface area contributed by atoms with Crippen LogP contribution in [0.5, 0.6) is 5.75 Å². The third-order valence-electron chi connectivity index (χ3n) is 4.15. The highest BCUT2D eigenvalue weighted by atomic mass is 79.9. The normalized spacial score (nSPS) is 11.1. The molecule has 1 N–H and O–H groups in total. The lowest BCUT2D eigenvalue weighted by Gasteiger charge is -2.12. The van der Waals surface area contributed by atoms with Crippen molar-refractivity contribution in [3.05, 3.63) is 57.3 Å². The first kappa shape index (κ1) is 16.1. The maximum absolute atomic E-state index is 6.21.